The number of carboxylic acids is 1. The van der Waals surface area contributed by atoms with Gasteiger partial charge in [0.1, 0.15) is 11.6 Å². The number of carboxylic acid groups (broad SMARTS) is 1. The van der Waals surface area contributed by atoms with Gasteiger partial charge in [-0.2, -0.15) is 0 Å². The van der Waals surface area contributed by atoms with Crippen molar-refractivity contribution in [1.29, 1.82) is 0 Å². The number of hydrogen-bond acceptors (Lipinski definition) is 2. The summed E-state index contributed by atoms with van der Waals surface area (Å²) >= 11 is 0. The van der Waals surface area contributed by atoms with Crippen molar-refractivity contribution in [2.45, 2.75) is 12.3 Å². The van der Waals surface area contributed by atoms with E-state index in [4.69, 9.17) is 5.11 Å². The van der Waals surface area contributed by atoms with E-state index in [9.17, 15) is 18.4 Å². The van der Waals surface area contributed by atoms with Gasteiger partial charge in [0, 0.05) is 12.0 Å². The first-order valence-corrected chi connectivity index (χ1v) is 4.26. The minimum Gasteiger partial charge on any atom is -0.481 e. The zero-order chi connectivity index (χ0) is 11.2. The van der Waals surface area contributed by atoms with Crippen LogP contribution in [-0.4, -0.2) is 16.9 Å². The minimum absolute atomic E-state index is 0.326. The van der Waals surface area contributed by atoms with E-state index in [0.29, 0.717) is 0 Å². The molecule has 0 saturated heterocycles. The van der Waals surface area contributed by atoms with Gasteiger partial charge in [-0.15, -0.1) is 0 Å². The predicted octanol–water partition coefficient (Wildman–Crippen LogP) is 1.72. The lowest BCUT2D eigenvalue weighted by Gasteiger charge is -2.05. The molecule has 15 heavy (non-hydrogen) atoms. The monoisotopic (exact) mass is 212 g/mol. The van der Waals surface area contributed by atoms with Crippen molar-refractivity contribution < 1.29 is 23.5 Å². The van der Waals surface area contributed by atoms with Crippen LogP contribution in [0.15, 0.2) is 12.1 Å². The Balaban J connectivity index is 2.69. The molecular weight excluding hydrogens is 206 g/mol. The number of aliphatic carboxylic acids is 1. The Bertz CT molecular complexity index is 468. The summed E-state index contributed by atoms with van der Waals surface area (Å²) in [4.78, 5) is 22.0. The Hall–Kier alpha value is -1.78. The molecule has 0 radical (unpaired) electrons. The van der Waals surface area contributed by atoms with Crippen LogP contribution in [0.2, 0.25) is 0 Å². The highest BCUT2D eigenvalue weighted by Crippen LogP contribution is 2.36. The second kappa shape index (κ2) is 3.12. The maximum atomic E-state index is 13.3. The quantitative estimate of drug-likeness (QED) is 0.771. The summed E-state index contributed by atoms with van der Waals surface area (Å²) in [7, 11) is 0. The van der Waals surface area contributed by atoms with Crippen molar-refractivity contribution in [3.63, 3.8) is 0 Å². The zero-order valence-electron chi connectivity index (χ0n) is 7.46. The van der Waals surface area contributed by atoms with Crippen molar-refractivity contribution in [1.82, 2.24) is 0 Å². The van der Waals surface area contributed by atoms with Crippen LogP contribution < -0.4 is 0 Å². The maximum Gasteiger partial charge on any atom is 0.311 e. The van der Waals surface area contributed by atoms with Crippen LogP contribution in [-0.2, 0) is 4.79 Å². The summed E-state index contributed by atoms with van der Waals surface area (Å²) in [6, 6.07) is 1.67. The van der Waals surface area contributed by atoms with Crippen molar-refractivity contribution in [2.75, 3.05) is 0 Å². The number of carbonyl (C=O) groups excluding carboxylic acids is 1. The van der Waals surface area contributed by atoms with Crippen LogP contribution in [0.5, 0.6) is 0 Å². The second-order valence-electron chi connectivity index (χ2n) is 3.34. The van der Waals surface area contributed by atoms with Crippen LogP contribution in [0.1, 0.15) is 28.3 Å². The molecule has 0 aliphatic heterocycles. The normalized spacial score (nSPS) is 19.1. The first kappa shape index (κ1) is 9.76. The molecule has 1 N–H and O–H groups in total. The van der Waals surface area contributed by atoms with Gasteiger partial charge in [-0.05, 0) is 12.1 Å². The molecule has 1 aromatic carbocycles. The number of rotatable bonds is 1. The first-order chi connectivity index (χ1) is 7.02. The Labute approximate surface area is 83.3 Å². The third-order valence-corrected chi connectivity index (χ3v) is 2.46. The summed E-state index contributed by atoms with van der Waals surface area (Å²) < 4.78 is 26.4. The van der Waals surface area contributed by atoms with Gasteiger partial charge in [0.15, 0.2) is 5.78 Å². The van der Waals surface area contributed by atoms with Crippen LogP contribution in [0.3, 0.4) is 0 Å². The SMILES string of the molecule is O=C1CC(C(=O)O)c2c(F)ccc(F)c21. The van der Waals surface area contributed by atoms with E-state index in [2.05, 4.69) is 0 Å². The van der Waals surface area contributed by atoms with E-state index in [1.807, 2.05) is 0 Å². The summed E-state index contributed by atoms with van der Waals surface area (Å²) in [5.41, 5.74) is -0.741. The second-order valence-corrected chi connectivity index (χ2v) is 3.34. The molecule has 1 atom stereocenters. The highest BCUT2D eigenvalue weighted by molar-refractivity contribution is 6.05. The van der Waals surface area contributed by atoms with Crippen molar-refractivity contribution >= 4 is 11.8 Å². The highest BCUT2D eigenvalue weighted by Gasteiger charge is 2.38. The molecule has 2 rings (SSSR count). The van der Waals surface area contributed by atoms with Gasteiger partial charge in [-0.3, -0.25) is 9.59 Å². The third-order valence-electron chi connectivity index (χ3n) is 2.46. The van der Waals surface area contributed by atoms with Gasteiger partial charge in [-0.25, -0.2) is 8.78 Å². The maximum absolute atomic E-state index is 13.3. The molecule has 1 aliphatic carbocycles. The predicted molar refractivity (Wildman–Crippen MR) is 45.7 cm³/mol. The fourth-order valence-corrected chi connectivity index (χ4v) is 1.79. The lowest BCUT2D eigenvalue weighted by atomic mass is 10.0. The number of Topliss-reactive ketones (excluding diaryl/α,β-unsaturated/α-hetero) is 1. The lowest BCUT2D eigenvalue weighted by Crippen LogP contribution is -2.09. The van der Waals surface area contributed by atoms with Gasteiger partial charge in [0.2, 0.25) is 0 Å². The number of ketones is 1. The number of halogens is 2. The van der Waals surface area contributed by atoms with Gasteiger partial charge >= 0.3 is 5.97 Å². The topological polar surface area (TPSA) is 54.4 Å². The van der Waals surface area contributed by atoms with Crippen LogP contribution >= 0.6 is 0 Å². The molecule has 0 heterocycles. The Morgan fingerprint density at radius 1 is 1.33 bits per heavy atom. The molecule has 1 aliphatic rings. The standard InChI is InChI=1S/C10H6F2O3/c11-5-1-2-6(12)9-7(13)3-4(8(5)9)10(14)15/h1-2,4H,3H2,(H,14,15). The van der Waals surface area contributed by atoms with Crippen LogP contribution in [0.4, 0.5) is 8.78 Å². The van der Waals surface area contributed by atoms with Gasteiger partial charge < -0.3 is 5.11 Å². The molecular formula is C10H6F2O3. The molecule has 78 valence electrons. The Morgan fingerprint density at radius 2 is 1.93 bits per heavy atom. The summed E-state index contributed by atoms with van der Waals surface area (Å²) in [6.07, 6.45) is -0.373. The van der Waals surface area contributed by atoms with E-state index in [0.717, 1.165) is 12.1 Å². The summed E-state index contributed by atoms with van der Waals surface area (Å²) in [5.74, 6) is -4.94. The molecule has 0 aromatic heterocycles. The molecule has 0 amide bonds. The van der Waals surface area contributed by atoms with Gasteiger partial charge in [0.25, 0.3) is 0 Å². The molecule has 1 aromatic rings. The van der Waals surface area contributed by atoms with Crippen LogP contribution in [0.25, 0.3) is 0 Å². The number of carbonyl (C=O) groups is 2. The summed E-state index contributed by atoms with van der Waals surface area (Å²) in [5, 5.41) is 8.75. The van der Waals surface area contributed by atoms with E-state index in [-0.39, 0.29) is 12.0 Å². The molecule has 5 heteroatoms. The first-order valence-electron chi connectivity index (χ1n) is 4.26. The molecule has 0 spiro atoms. The van der Waals surface area contributed by atoms with Gasteiger partial charge in [-0.1, -0.05) is 0 Å². The minimum atomic E-state index is -1.31. The number of hydrogen-bond donors (Lipinski definition) is 1. The molecule has 3 nitrogen and oxygen atoms in total. The van der Waals surface area contributed by atoms with E-state index in [1.54, 1.807) is 0 Å². The fraction of sp³-hybridized carbons (Fsp3) is 0.200. The molecule has 0 bridgehead atoms. The Morgan fingerprint density at radius 3 is 2.53 bits per heavy atom. The molecule has 1 unspecified atom stereocenters. The Kier molecular flexibility index (Phi) is 2.03. The summed E-state index contributed by atoms with van der Waals surface area (Å²) in [6.45, 7) is 0. The lowest BCUT2D eigenvalue weighted by molar-refractivity contribution is -0.138. The van der Waals surface area contributed by atoms with E-state index in [1.165, 1.54) is 0 Å². The van der Waals surface area contributed by atoms with Gasteiger partial charge in [0.05, 0.1) is 11.5 Å². The highest BCUT2D eigenvalue weighted by atomic mass is 19.1. The number of fused-ring (bicyclic) bond motifs is 1. The van der Waals surface area contributed by atoms with Crippen LogP contribution in [0, 0.1) is 11.6 Å². The average Bonchev–Trinajstić information content (AvgIpc) is 2.51. The van der Waals surface area contributed by atoms with Crippen molar-refractivity contribution in [3.05, 3.63) is 34.9 Å². The molecule has 0 fully saturated rings. The zero-order valence-corrected chi connectivity index (χ0v) is 7.46. The molecule has 0 saturated carbocycles. The fourth-order valence-electron chi connectivity index (χ4n) is 1.79. The van der Waals surface area contributed by atoms with Crippen molar-refractivity contribution in [2.24, 2.45) is 0 Å². The largest absolute Gasteiger partial charge is 0.481 e. The smallest absolute Gasteiger partial charge is 0.311 e. The third kappa shape index (κ3) is 1.31. The average molecular weight is 212 g/mol. The van der Waals surface area contributed by atoms with E-state index < -0.39 is 34.9 Å². The van der Waals surface area contributed by atoms with E-state index >= 15 is 0 Å². The van der Waals surface area contributed by atoms with Crippen molar-refractivity contribution in [3.8, 4) is 0 Å². The number of benzene rings is 1.